The lowest BCUT2D eigenvalue weighted by Crippen LogP contribution is -2.50. The SMILES string of the molecule is CCC(CC)C(=O)N1CCC(NC(=NC)NCc2ccc(C#N)cc2F)CC1.I. The third-order valence-electron chi connectivity index (χ3n) is 5.33. The number of guanidine groups is 1. The van der Waals surface area contributed by atoms with Crippen molar-refractivity contribution >= 4 is 35.8 Å². The molecule has 1 saturated heterocycles. The Labute approximate surface area is 190 Å². The molecule has 160 valence electrons. The predicted molar refractivity (Wildman–Crippen MR) is 124 cm³/mol. The normalized spacial score (nSPS) is 14.9. The summed E-state index contributed by atoms with van der Waals surface area (Å²) in [7, 11) is 1.68. The highest BCUT2D eigenvalue weighted by atomic mass is 127. The zero-order valence-electron chi connectivity index (χ0n) is 17.4. The number of carbonyl (C=O) groups is 1. The lowest BCUT2D eigenvalue weighted by atomic mass is 9.98. The van der Waals surface area contributed by atoms with Gasteiger partial charge in [0.1, 0.15) is 5.82 Å². The van der Waals surface area contributed by atoms with E-state index in [1.165, 1.54) is 6.07 Å². The lowest BCUT2D eigenvalue weighted by Gasteiger charge is -2.34. The molecule has 29 heavy (non-hydrogen) atoms. The Morgan fingerprint density at radius 3 is 2.52 bits per heavy atom. The number of halogens is 2. The number of benzene rings is 1. The van der Waals surface area contributed by atoms with Crippen LogP contribution in [0.5, 0.6) is 0 Å². The van der Waals surface area contributed by atoms with Crippen molar-refractivity contribution in [3.8, 4) is 6.07 Å². The summed E-state index contributed by atoms with van der Waals surface area (Å²) in [5, 5.41) is 15.3. The van der Waals surface area contributed by atoms with Gasteiger partial charge in [0.25, 0.3) is 0 Å². The number of carbonyl (C=O) groups excluding carboxylic acids is 1. The smallest absolute Gasteiger partial charge is 0.225 e. The van der Waals surface area contributed by atoms with Crippen molar-refractivity contribution in [1.29, 1.82) is 5.26 Å². The summed E-state index contributed by atoms with van der Waals surface area (Å²) in [4.78, 5) is 18.7. The molecule has 1 fully saturated rings. The van der Waals surface area contributed by atoms with E-state index in [1.54, 1.807) is 19.2 Å². The molecule has 0 atom stereocenters. The maximum absolute atomic E-state index is 14.0. The molecule has 2 rings (SSSR count). The van der Waals surface area contributed by atoms with E-state index >= 15 is 0 Å². The molecule has 1 aromatic rings. The summed E-state index contributed by atoms with van der Waals surface area (Å²) >= 11 is 0. The van der Waals surface area contributed by atoms with E-state index in [0.717, 1.165) is 38.8 Å². The predicted octanol–water partition coefficient (Wildman–Crippen LogP) is 3.41. The molecule has 0 unspecified atom stereocenters. The Hall–Kier alpha value is -1.89. The summed E-state index contributed by atoms with van der Waals surface area (Å²) in [5.74, 6) is 0.590. The van der Waals surface area contributed by atoms with Gasteiger partial charge in [-0.1, -0.05) is 19.9 Å². The van der Waals surface area contributed by atoms with Crippen LogP contribution in [0.15, 0.2) is 23.2 Å². The molecule has 1 amide bonds. The van der Waals surface area contributed by atoms with Crippen LogP contribution in [-0.2, 0) is 11.3 Å². The highest BCUT2D eigenvalue weighted by Gasteiger charge is 2.26. The quantitative estimate of drug-likeness (QED) is 0.346. The van der Waals surface area contributed by atoms with Gasteiger partial charge >= 0.3 is 0 Å². The maximum atomic E-state index is 14.0. The molecule has 1 aromatic carbocycles. The fourth-order valence-electron chi connectivity index (χ4n) is 3.47. The van der Waals surface area contributed by atoms with Crippen molar-refractivity contribution in [2.75, 3.05) is 20.1 Å². The zero-order chi connectivity index (χ0) is 20.5. The average molecular weight is 515 g/mol. The van der Waals surface area contributed by atoms with Crippen LogP contribution in [-0.4, -0.2) is 42.9 Å². The molecular formula is C21H31FIN5O. The third kappa shape index (κ3) is 7.14. The van der Waals surface area contributed by atoms with Gasteiger partial charge in [-0.05, 0) is 37.8 Å². The molecule has 0 saturated carbocycles. The van der Waals surface area contributed by atoms with Gasteiger partial charge in [-0.2, -0.15) is 5.26 Å². The maximum Gasteiger partial charge on any atom is 0.225 e. The molecule has 0 spiro atoms. The van der Waals surface area contributed by atoms with Gasteiger partial charge in [0, 0.05) is 44.2 Å². The highest BCUT2D eigenvalue weighted by Crippen LogP contribution is 2.17. The number of nitriles is 1. The number of amides is 1. The van der Waals surface area contributed by atoms with Gasteiger partial charge in [-0.15, -0.1) is 24.0 Å². The molecule has 8 heteroatoms. The van der Waals surface area contributed by atoms with Crippen molar-refractivity contribution in [1.82, 2.24) is 15.5 Å². The second-order valence-electron chi connectivity index (χ2n) is 7.10. The Bertz CT molecular complexity index is 737. The van der Waals surface area contributed by atoms with Gasteiger partial charge in [0.2, 0.25) is 5.91 Å². The largest absolute Gasteiger partial charge is 0.354 e. The van der Waals surface area contributed by atoms with Crippen molar-refractivity contribution in [2.24, 2.45) is 10.9 Å². The monoisotopic (exact) mass is 515 g/mol. The summed E-state index contributed by atoms with van der Waals surface area (Å²) in [5.41, 5.74) is 0.783. The van der Waals surface area contributed by atoms with E-state index in [2.05, 4.69) is 29.5 Å². The highest BCUT2D eigenvalue weighted by molar-refractivity contribution is 14.0. The first-order valence-corrected chi connectivity index (χ1v) is 9.96. The molecule has 0 radical (unpaired) electrons. The van der Waals surface area contributed by atoms with Crippen molar-refractivity contribution in [2.45, 2.75) is 52.1 Å². The summed E-state index contributed by atoms with van der Waals surface area (Å²) < 4.78 is 14.0. The van der Waals surface area contributed by atoms with Crippen LogP contribution in [0.2, 0.25) is 0 Å². The van der Waals surface area contributed by atoms with Crippen molar-refractivity contribution in [3.05, 3.63) is 35.1 Å². The number of nitrogens with one attached hydrogen (secondary N) is 2. The Morgan fingerprint density at radius 2 is 2.00 bits per heavy atom. The number of rotatable bonds is 6. The van der Waals surface area contributed by atoms with Crippen LogP contribution < -0.4 is 10.6 Å². The molecule has 1 heterocycles. The van der Waals surface area contributed by atoms with Gasteiger partial charge in [0.05, 0.1) is 11.6 Å². The van der Waals surface area contributed by atoms with E-state index in [4.69, 9.17) is 5.26 Å². The van der Waals surface area contributed by atoms with Crippen molar-refractivity contribution in [3.63, 3.8) is 0 Å². The van der Waals surface area contributed by atoms with Crippen LogP contribution in [0.25, 0.3) is 0 Å². The molecule has 0 aromatic heterocycles. The minimum atomic E-state index is -0.407. The lowest BCUT2D eigenvalue weighted by molar-refractivity contribution is -0.136. The van der Waals surface area contributed by atoms with Crippen molar-refractivity contribution < 1.29 is 9.18 Å². The second kappa shape index (κ2) is 12.6. The molecule has 0 bridgehead atoms. The fraction of sp³-hybridized carbons (Fsp3) is 0.571. The number of hydrogen-bond donors (Lipinski definition) is 2. The standard InChI is InChI=1S/C21H30FN5O.HI/c1-4-16(5-2)20(28)27-10-8-18(9-11-27)26-21(24-3)25-14-17-7-6-15(13-23)12-19(17)22;/h6-7,12,16,18H,4-5,8-11,14H2,1-3H3,(H2,24,25,26);1H. The van der Waals surface area contributed by atoms with E-state index in [0.29, 0.717) is 17.1 Å². The Balaban J connectivity index is 0.00000420. The summed E-state index contributed by atoms with van der Waals surface area (Å²) in [6.07, 6.45) is 3.49. The Kier molecular flexibility index (Phi) is 10.9. The molecule has 2 N–H and O–H groups in total. The molecule has 6 nitrogen and oxygen atoms in total. The number of likely N-dealkylation sites (tertiary alicyclic amines) is 1. The summed E-state index contributed by atoms with van der Waals surface area (Å²) in [6.45, 7) is 5.89. The Morgan fingerprint density at radius 1 is 1.34 bits per heavy atom. The molecular weight excluding hydrogens is 484 g/mol. The molecule has 0 aliphatic carbocycles. The van der Waals surface area contributed by atoms with Crippen LogP contribution in [0.4, 0.5) is 4.39 Å². The zero-order valence-corrected chi connectivity index (χ0v) is 19.7. The van der Waals surface area contributed by atoms with Crippen LogP contribution >= 0.6 is 24.0 Å². The topological polar surface area (TPSA) is 80.5 Å². The number of nitrogens with zero attached hydrogens (tertiary/aromatic N) is 3. The van der Waals surface area contributed by atoms with Crippen LogP contribution in [0.1, 0.15) is 50.7 Å². The van der Waals surface area contributed by atoms with Gasteiger partial charge in [-0.3, -0.25) is 9.79 Å². The summed E-state index contributed by atoms with van der Waals surface area (Å²) in [6, 6.07) is 6.59. The minimum Gasteiger partial charge on any atom is -0.354 e. The average Bonchev–Trinajstić information content (AvgIpc) is 2.73. The minimum absolute atomic E-state index is 0. The molecule has 1 aliphatic heterocycles. The van der Waals surface area contributed by atoms with E-state index in [9.17, 15) is 9.18 Å². The second-order valence-corrected chi connectivity index (χ2v) is 7.10. The number of piperidine rings is 1. The first-order valence-electron chi connectivity index (χ1n) is 9.96. The van der Waals surface area contributed by atoms with E-state index in [1.807, 2.05) is 11.0 Å². The first-order chi connectivity index (χ1) is 13.5. The number of hydrogen-bond acceptors (Lipinski definition) is 3. The molecule has 1 aliphatic rings. The van der Waals surface area contributed by atoms with Crippen LogP contribution in [0, 0.1) is 23.1 Å². The first kappa shape index (κ1) is 25.1. The van der Waals surface area contributed by atoms with Gasteiger partial charge < -0.3 is 15.5 Å². The van der Waals surface area contributed by atoms with Crippen LogP contribution in [0.3, 0.4) is 0 Å². The number of aliphatic imine (C=N–C) groups is 1. The third-order valence-corrected chi connectivity index (χ3v) is 5.33. The van der Waals surface area contributed by atoms with E-state index < -0.39 is 5.82 Å². The van der Waals surface area contributed by atoms with E-state index in [-0.39, 0.29) is 48.4 Å². The van der Waals surface area contributed by atoms with Gasteiger partial charge in [-0.25, -0.2) is 4.39 Å². The fourth-order valence-corrected chi connectivity index (χ4v) is 3.47. The van der Waals surface area contributed by atoms with Gasteiger partial charge in [0.15, 0.2) is 5.96 Å².